The van der Waals surface area contributed by atoms with Crippen LogP contribution in [0.3, 0.4) is 0 Å². The molecule has 1 saturated heterocycles. The third-order valence-electron chi connectivity index (χ3n) is 3.48. The molecule has 90 valence electrons. The van der Waals surface area contributed by atoms with Crippen molar-refractivity contribution in [2.75, 3.05) is 6.54 Å². The second kappa shape index (κ2) is 4.27. The summed E-state index contributed by atoms with van der Waals surface area (Å²) in [4.78, 5) is 1.27. The summed E-state index contributed by atoms with van der Waals surface area (Å²) >= 11 is 1.76. The second-order valence-electron chi connectivity index (χ2n) is 4.61. The van der Waals surface area contributed by atoms with Gasteiger partial charge in [-0.05, 0) is 37.8 Å². The Bertz CT molecular complexity index is 507. The Morgan fingerprint density at radius 3 is 3.06 bits per heavy atom. The van der Waals surface area contributed by atoms with Crippen LogP contribution in [0, 0.1) is 6.92 Å². The minimum Gasteiger partial charge on any atom is -0.309 e. The minimum absolute atomic E-state index is 0.487. The molecular formula is C13H17N3S. The van der Waals surface area contributed by atoms with E-state index in [2.05, 4.69) is 41.9 Å². The molecule has 3 rings (SSSR count). The molecule has 0 spiro atoms. The van der Waals surface area contributed by atoms with Crippen LogP contribution in [-0.2, 0) is 7.05 Å². The molecule has 0 aliphatic carbocycles. The van der Waals surface area contributed by atoms with E-state index in [4.69, 9.17) is 0 Å². The lowest BCUT2D eigenvalue weighted by Crippen LogP contribution is -2.17. The molecule has 0 radical (unpaired) electrons. The molecule has 0 saturated carbocycles. The van der Waals surface area contributed by atoms with Crippen molar-refractivity contribution in [1.82, 2.24) is 15.1 Å². The summed E-state index contributed by atoms with van der Waals surface area (Å²) in [6, 6.07) is 4.72. The fourth-order valence-corrected chi connectivity index (χ4v) is 3.46. The maximum atomic E-state index is 4.68. The van der Waals surface area contributed by atoms with Crippen molar-refractivity contribution in [2.24, 2.45) is 7.05 Å². The first-order chi connectivity index (χ1) is 8.27. The van der Waals surface area contributed by atoms with Gasteiger partial charge in [0, 0.05) is 18.7 Å². The maximum Gasteiger partial charge on any atom is 0.105 e. The lowest BCUT2D eigenvalue weighted by atomic mass is 10.1. The zero-order chi connectivity index (χ0) is 11.8. The molecule has 2 aromatic heterocycles. The quantitative estimate of drug-likeness (QED) is 0.884. The number of nitrogens with one attached hydrogen (secondary N) is 1. The Kier molecular flexibility index (Phi) is 2.76. The summed E-state index contributed by atoms with van der Waals surface area (Å²) in [5.74, 6) is 0. The zero-order valence-corrected chi connectivity index (χ0v) is 11.0. The van der Waals surface area contributed by atoms with Crippen LogP contribution < -0.4 is 5.32 Å². The lowest BCUT2D eigenvalue weighted by Gasteiger charge is -2.11. The van der Waals surface area contributed by atoms with E-state index in [0.717, 1.165) is 12.2 Å². The largest absolute Gasteiger partial charge is 0.309 e. The van der Waals surface area contributed by atoms with Crippen LogP contribution in [0.1, 0.15) is 30.1 Å². The third-order valence-corrected chi connectivity index (χ3v) is 4.36. The molecule has 1 N–H and O–H groups in total. The summed E-state index contributed by atoms with van der Waals surface area (Å²) in [5, 5.41) is 10.3. The molecule has 0 aromatic carbocycles. The van der Waals surface area contributed by atoms with E-state index in [1.54, 1.807) is 11.3 Å². The molecule has 1 aliphatic heterocycles. The average molecular weight is 247 g/mol. The summed E-state index contributed by atoms with van der Waals surface area (Å²) < 4.78 is 2.05. The predicted molar refractivity (Wildman–Crippen MR) is 71.2 cm³/mol. The molecular weight excluding hydrogens is 230 g/mol. The molecule has 3 heterocycles. The van der Waals surface area contributed by atoms with E-state index in [9.17, 15) is 0 Å². The van der Waals surface area contributed by atoms with E-state index in [-0.39, 0.29) is 0 Å². The minimum atomic E-state index is 0.487. The standard InChI is InChI=1S/C13H17N3S/c1-9-12(11-6-4-8-17-11)15-16(2)13(9)10-5-3-7-14-10/h4,6,8,10,14H,3,5,7H2,1-2H3. The first-order valence-corrected chi connectivity index (χ1v) is 6.96. The van der Waals surface area contributed by atoms with Crippen molar-refractivity contribution >= 4 is 11.3 Å². The van der Waals surface area contributed by atoms with Gasteiger partial charge in [-0.2, -0.15) is 5.10 Å². The molecule has 1 atom stereocenters. The van der Waals surface area contributed by atoms with E-state index < -0.39 is 0 Å². The molecule has 17 heavy (non-hydrogen) atoms. The van der Waals surface area contributed by atoms with Crippen molar-refractivity contribution < 1.29 is 0 Å². The highest BCUT2D eigenvalue weighted by atomic mass is 32.1. The van der Waals surface area contributed by atoms with Gasteiger partial charge >= 0.3 is 0 Å². The first-order valence-electron chi connectivity index (χ1n) is 6.08. The van der Waals surface area contributed by atoms with E-state index >= 15 is 0 Å². The molecule has 1 unspecified atom stereocenters. The maximum absolute atomic E-state index is 4.68. The average Bonchev–Trinajstić information content (AvgIpc) is 2.99. The Morgan fingerprint density at radius 2 is 2.41 bits per heavy atom. The predicted octanol–water partition coefficient (Wildman–Crippen LogP) is 2.88. The number of hydrogen-bond donors (Lipinski definition) is 1. The van der Waals surface area contributed by atoms with Crippen LogP contribution in [0.5, 0.6) is 0 Å². The van der Waals surface area contributed by atoms with Crippen LogP contribution in [0.15, 0.2) is 17.5 Å². The zero-order valence-electron chi connectivity index (χ0n) is 10.2. The monoisotopic (exact) mass is 247 g/mol. The summed E-state index contributed by atoms with van der Waals surface area (Å²) in [6.45, 7) is 3.32. The van der Waals surface area contributed by atoms with Gasteiger partial charge in [-0.25, -0.2) is 0 Å². The highest BCUT2D eigenvalue weighted by molar-refractivity contribution is 7.13. The Balaban J connectivity index is 2.05. The number of thiophene rings is 1. The summed E-state index contributed by atoms with van der Waals surface area (Å²) in [7, 11) is 2.06. The third kappa shape index (κ3) is 1.81. The van der Waals surface area contributed by atoms with Gasteiger partial charge in [-0.15, -0.1) is 11.3 Å². The fraction of sp³-hybridized carbons (Fsp3) is 0.462. The Morgan fingerprint density at radius 1 is 1.53 bits per heavy atom. The van der Waals surface area contributed by atoms with Crippen molar-refractivity contribution in [2.45, 2.75) is 25.8 Å². The number of nitrogens with zero attached hydrogens (tertiary/aromatic N) is 2. The van der Waals surface area contributed by atoms with Gasteiger partial charge in [0.15, 0.2) is 0 Å². The SMILES string of the molecule is Cc1c(-c2cccs2)nn(C)c1C1CCCN1. The highest BCUT2D eigenvalue weighted by Gasteiger charge is 2.24. The second-order valence-corrected chi connectivity index (χ2v) is 5.56. The van der Waals surface area contributed by atoms with Gasteiger partial charge in [-0.1, -0.05) is 6.07 Å². The molecule has 1 aliphatic rings. The molecule has 2 aromatic rings. The number of aryl methyl sites for hydroxylation is 1. The number of aromatic nitrogens is 2. The van der Waals surface area contributed by atoms with E-state index in [1.807, 2.05) is 4.68 Å². The van der Waals surface area contributed by atoms with Gasteiger partial charge in [0.1, 0.15) is 5.69 Å². The highest BCUT2D eigenvalue weighted by Crippen LogP contribution is 2.33. The van der Waals surface area contributed by atoms with Gasteiger partial charge < -0.3 is 5.32 Å². The lowest BCUT2D eigenvalue weighted by molar-refractivity contribution is 0.572. The van der Waals surface area contributed by atoms with Crippen LogP contribution in [0.25, 0.3) is 10.6 Å². The van der Waals surface area contributed by atoms with Crippen molar-refractivity contribution in [1.29, 1.82) is 0 Å². The van der Waals surface area contributed by atoms with Crippen LogP contribution in [-0.4, -0.2) is 16.3 Å². The topological polar surface area (TPSA) is 29.9 Å². The summed E-state index contributed by atoms with van der Waals surface area (Å²) in [5.41, 5.74) is 3.83. The van der Waals surface area contributed by atoms with Crippen LogP contribution in [0.2, 0.25) is 0 Å². The van der Waals surface area contributed by atoms with Crippen molar-refractivity contribution in [3.8, 4) is 10.6 Å². The van der Waals surface area contributed by atoms with Crippen LogP contribution in [0.4, 0.5) is 0 Å². The molecule has 1 fully saturated rings. The Labute approximate surface area is 105 Å². The smallest absolute Gasteiger partial charge is 0.105 e. The fourth-order valence-electron chi connectivity index (χ4n) is 2.70. The van der Waals surface area contributed by atoms with E-state index in [0.29, 0.717) is 6.04 Å². The Hall–Kier alpha value is -1.13. The summed E-state index contributed by atoms with van der Waals surface area (Å²) in [6.07, 6.45) is 2.49. The molecule has 4 heteroatoms. The van der Waals surface area contributed by atoms with Gasteiger partial charge in [0.2, 0.25) is 0 Å². The number of hydrogen-bond acceptors (Lipinski definition) is 3. The van der Waals surface area contributed by atoms with Crippen LogP contribution >= 0.6 is 11.3 Å². The van der Waals surface area contributed by atoms with Crippen molar-refractivity contribution in [3.05, 3.63) is 28.8 Å². The van der Waals surface area contributed by atoms with Gasteiger partial charge in [-0.3, -0.25) is 4.68 Å². The van der Waals surface area contributed by atoms with Gasteiger partial charge in [0.05, 0.1) is 10.6 Å². The van der Waals surface area contributed by atoms with Gasteiger partial charge in [0.25, 0.3) is 0 Å². The normalized spacial score (nSPS) is 20.0. The van der Waals surface area contributed by atoms with Crippen molar-refractivity contribution in [3.63, 3.8) is 0 Å². The molecule has 0 bridgehead atoms. The molecule has 3 nitrogen and oxygen atoms in total. The van der Waals surface area contributed by atoms with E-state index in [1.165, 1.54) is 29.0 Å². The molecule has 0 amide bonds. The first kappa shape index (κ1) is 11.0. The number of rotatable bonds is 2.